The molecule has 0 unspecified atom stereocenters. The van der Waals surface area contributed by atoms with E-state index in [-0.39, 0.29) is 0 Å². The molecular weight excluding hydrogens is 1640 g/mol. The molecule has 0 aliphatic heterocycles. The number of nitrogens with zero attached hydrogens (tertiary/aromatic N) is 5. The van der Waals surface area contributed by atoms with E-state index in [2.05, 4.69) is 514 Å². The molecule has 0 amide bonds. The van der Waals surface area contributed by atoms with Crippen molar-refractivity contribution in [3.8, 4) is 72.9 Å². The van der Waals surface area contributed by atoms with Crippen molar-refractivity contribution in [3.63, 3.8) is 0 Å². The molecule has 0 fully saturated rings. The zero-order valence-corrected chi connectivity index (χ0v) is 73.7. The van der Waals surface area contributed by atoms with E-state index in [1.165, 1.54) is 256 Å². The lowest BCUT2D eigenvalue weighted by molar-refractivity contribution is 1.18. The number of para-hydroxylation sites is 6. The van der Waals surface area contributed by atoms with Gasteiger partial charge in [0, 0.05) is 102 Å². The second kappa shape index (κ2) is 31.2. The van der Waals surface area contributed by atoms with Crippen LogP contribution in [0.4, 0.5) is 0 Å². The van der Waals surface area contributed by atoms with Crippen LogP contribution in [0.5, 0.6) is 0 Å². The summed E-state index contributed by atoms with van der Waals surface area (Å²) < 4.78 is 14.7. The minimum absolute atomic E-state index is 1.17. The summed E-state index contributed by atoms with van der Waals surface area (Å²) in [6, 6.07) is 180. The van der Waals surface area contributed by atoms with Gasteiger partial charge in [0.15, 0.2) is 0 Å². The van der Waals surface area contributed by atoms with Gasteiger partial charge in [0.2, 0.25) is 0 Å². The second-order valence-electron chi connectivity index (χ2n) is 35.4. The summed E-state index contributed by atoms with van der Waals surface area (Å²) in [6.45, 7) is 0. The molecule has 29 aromatic rings. The second-order valence-corrected chi connectivity index (χ2v) is 36.4. The van der Waals surface area contributed by atoms with E-state index in [9.17, 15) is 0 Å². The first-order valence-electron chi connectivity index (χ1n) is 46.1. The molecule has 0 radical (unpaired) electrons. The van der Waals surface area contributed by atoms with Crippen LogP contribution >= 0.6 is 11.3 Å². The number of aromatic nitrogens is 5. The predicted molar refractivity (Wildman–Crippen MR) is 573 cm³/mol. The topological polar surface area (TPSA) is 24.6 Å². The van der Waals surface area contributed by atoms with Crippen molar-refractivity contribution < 1.29 is 0 Å². The molecule has 6 aromatic heterocycles. The maximum Gasteiger partial charge on any atom is 0.0541 e. The lowest BCUT2D eigenvalue weighted by Gasteiger charge is -2.13. The SMILES string of the molecule is c1ccc(-n2c3ccccc3c3cc(-c4ccc(-c5ccc6c(c5)c5ccccc5n6-c5ccc6ccccc6c5)c5ccccc45)ccc32)cc1.c1ccc2cc(-n3c4ccccc4c4cc(-c5ccc6c(c5)c5ccccc5n6-c5ccc6ccccc6c5)ccc43)ccc2c1.c1ccc2cc(-n3c4ccccc4c4cc(-c5cccc6c5sc5ccccc56)ccc43)ccc2c1. The van der Waals surface area contributed by atoms with Crippen LogP contribution in [0.15, 0.2) is 491 Å². The normalized spacial score (nSPS) is 11.9. The predicted octanol–water partition coefficient (Wildman–Crippen LogP) is 35.3. The third-order valence-electron chi connectivity index (χ3n) is 27.9. The summed E-state index contributed by atoms with van der Waals surface area (Å²) >= 11 is 1.89. The molecule has 0 spiro atoms. The van der Waals surface area contributed by atoms with Crippen molar-refractivity contribution in [2.75, 3.05) is 0 Å². The third-order valence-corrected chi connectivity index (χ3v) is 29.2. The molecule has 6 heteroatoms. The van der Waals surface area contributed by atoms with E-state index in [0.717, 1.165) is 0 Å². The number of thiophene rings is 1. The average Bonchev–Trinajstić information content (AvgIpc) is 1.59. The zero-order valence-electron chi connectivity index (χ0n) is 72.9. The van der Waals surface area contributed by atoms with Crippen LogP contribution in [0, 0.1) is 0 Å². The summed E-state index contributed by atoms with van der Waals surface area (Å²) in [6.07, 6.45) is 0. The molecule has 624 valence electrons. The zero-order chi connectivity index (χ0) is 88.0. The number of benzene rings is 23. The molecule has 0 N–H and O–H groups in total. The molecule has 6 heterocycles. The Bertz CT molecular complexity index is 9680. The maximum absolute atomic E-state index is 2.41. The Balaban J connectivity index is 0.000000104. The first kappa shape index (κ1) is 76.6. The van der Waals surface area contributed by atoms with Crippen LogP contribution in [-0.2, 0) is 0 Å². The van der Waals surface area contributed by atoms with Crippen LogP contribution in [0.25, 0.3) is 256 Å². The van der Waals surface area contributed by atoms with Crippen LogP contribution in [0.3, 0.4) is 0 Å². The molecule has 0 atom stereocenters. The third kappa shape index (κ3) is 12.5. The number of hydrogen-bond acceptors (Lipinski definition) is 1. The summed E-state index contributed by atoms with van der Waals surface area (Å²) in [5.74, 6) is 0. The highest BCUT2D eigenvalue weighted by Gasteiger charge is 2.23. The molecule has 0 bridgehead atoms. The van der Waals surface area contributed by atoms with Crippen LogP contribution in [-0.4, -0.2) is 22.8 Å². The van der Waals surface area contributed by atoms with Gasteiger partial charge in [0.1, 0.15) is 0 Å². The monoisotopic (exact) mass is 1720 g/mol. The highest BCUT2D eigenvalue weighted by atomic mass is 32.1. The van der Waals surface area contributed by atoms with Gasteiger partial charge in [-0.05, 0) is 256 Å². The smallest absolute Gasteiger partial charge is 0.0541 e. The first-order chi connectivity index (χ1) is 66.4. The van der Waals surface area contributed by atoms with Crippen molar-refractivity contribution in [1.82, 2.24) is 22.8 Å². The molecule has 23 aromatic carbocycles. The Morgan fingerprint density at radius 3 is 0.731 bits per heavy atom. The van der Waals surface area contributed by atoms with Gasteiger partial charge in [-0.3, -0.25) is 0 Å². The highest BCUT2D eigenvalue weighted by molar-refractivity contribution is 7.26. The van der Waals surface area contributed by atoms with E-state index in [4.69, 9.17) is 0 Å². The van der Waals surface area contributed by atoms with E-state index in [1.807, 2.05) is 11.3 Å². The summed E-state index contributed by atoms with van der Waals surface area (Å²) in [5, 5.41) is 27.9. The fourth-order valence-electron chi connectivity index (χ4n) is 21.7. The van der Waals surface area contributed by atoms with Crippen molar-refractivity contribution in [1.29, 1.82) is 0 Å². The van der Waals surface area contributed by atoms with Gasteiger partial charge in [-0.25, -0.2) is 0 Å². The van der Waals surface area contributed by atoms with Crippen LogP contribution in [0.1, 0.15) is 0 Å². The highest BCUT2D eigenvalue weighted by Crippen LogP contribution is 2.47. The van der Waals surface area contributed by atoms with Crippen LogP contribution < -0.4 is 0 Å². The molecule has 0 saturated carbocycles. The molecule has 29 rings (SSSR count). The minimum atomic E-state index is 1.17. The average molecular weight is 1720 g/mol. The van der Waals surface area contributed by atoms with Crippen molar-refractivity contribution >= 4 is 194 Å². The Hall–Kier alpha value is -17.4. The number of fused-ring (bicyclic) bond motifs is 23. The molecule has 5 nitrogen and oxygen atoms in total. The Morgan fingerprint density at radius 2 is 0.381 bits per heavy atom. The fraction of sp³-hybridized carbons (Fsp3) is 0. The van der Waals surface area contributed by atoms with Gasteiger partial charge >= 0.3 is 0 Å². The molecular formula is C128H81N5S. The Labute approximate surface area is 775 Å². The summed E-state index contributed by atoms with van der Waals surface area (Å²) in [5.41, 5.74) is 28.1. The van der Waals surface area contributed by atoms with Crippen molar-refractivity contribution in [2.45, 2.75) is 0 Å². The maximum atomic E-state index is 2.41. The fourth-order valence-corrected chi connectivity index (χ4v) is 23.0. The number of rotatable bonds is 9. The van der Waals surface area contributed by atoms with E-state index in [1.54, 1.807) is 0 Å². The minimum Gasteiger partial charge on any atom is -0.309 e. The van der Waals surface area contributed by atoms with E-state index < -0.39 is 0 Å². The lowest BCUT2D eigenvalue weighted by Crippen LogP contribution is -1.94. The Morgan fingerprint density at radius 1 is 0.127 bits per heavy atom. The Kier molecular flexibility index (Phi) is 17.8. The molecule has 0 aliphatic rings. The van der Waals surface area contributed by atoms with E-state index in [0.29, 0.717) is 0 Å². The summed E-state index contributed by atoms with van der Waals surface area (Å²) in [7, 11) is 0. The standard InChI is InChI=1S/C50H32N2.C44H28N2.C34H21NS/c1-2-14-37(15-3-1)51-47-20-10-8-18-43(47)45-31-35(23-28-49(45)51)39-26-27-40(42-17-7-6-16-41(39)42)36-24-29-50-46(32-36)44-19-9-11-21-48(44)52(50)38-25-22-33-12-4-5-13-34(33)30-38;1-3-11-31-25-35(21-17-29(31)9-1)45-41-15-7-5-13-37(41)39-27-33(19-23-43(39)45)34-20-24-44-40(28-34)38-14-6-8-16-42(38)46(44)36-22-18-30-10-2-4-12-32(30)26-36;1-2-9-23-20-25(18-16-22(23)8-1)35-31-14-5-3-10-27(31)30-21-24(17-19-32(30)35)26-12-7-13-29-28-11-4-6-15-33(28)36-34(26)29/h1-32H;1-28H;1-21H. The van der Waals surface area contributed by atoms with Gasteiger partial charge in [-0.2, -0.15) is 0 Å². The molecule has 0 aliphatic carbocycles. The first-order valence-corrected chi connectivity index (χ1v) is 46.9. The largest absolute Gasteiger partial charge is 0.309 e. The van der Waals surface area contributed by atoms with E-state index >= 15 is 0 Å². The molecule has 134 heavy (non-hydrogen) atoms. The van der Waals surface area contributed by atoms with Gasteiger partial charge in [-0.1, -0.05) is 334 Å². The van der Waals surface area contributed by atoms with Gasteiger partial charge < -0.3 is 22.8 Å². The lowest BCUT2D eigenvalue weighted by atomic mass is 9.91. The van der Waals surface area contributed by atoms with Gasteiger partial charge in [0.25, 0.3) is 0 Å². The van der Waals surface area contributed by atoms with Crippen molar-refractivity contribution in [2.24, 2.45) is 0 Å². The molecule has 0 saturated heterocycles. The van der Waals surface area contributed by atoms with Crippen LogP contribution in [0.2, 0.25) is 0 Å². The van der Waals surface area contributed by atoms with Gasteiger partial charge in [-0.15, -0.1) is 11.3 Å². The summed E-state index contributed by atoms with van der Waals surface area (Å²) in [4.78, 5) is 0. The quantitative estimate of drug-likeness (QED) is 0.138. The van der Waals surface area contributed by atoms with Crippen molar-refractivity contribution in [3.05, 3.63) is 491 Å². The number of hydrogen-bond donors (Lipinski definition) is 0. The van der Waals surface area contributed by atoms with Gasteiger partial charge in [0.05, 0.1) is 55.2 Å².